The number of carbonyl (C=O) groups is 1. The summed E-state index contributed by atoms with van der Waals surface area (Å²) in [6, 6.07) is 3.06. The molecule has 2 aliphatic rings. The minimum Gasteiger partial charge on any atom is -0.505 e. The Morgan fingerprint density at radius 2 is 2.06 bits per heavy atom. The van der Waals surface area contributed by atoms with Gasteiger partial charge in [0.2, 0.25) is 0 Å². The van der Waals surface area contributed by atoms with Crippen LogP contribution in [0.1, 0.15) is 20.3 Å². The number of aromatic hydroxyl groups is 1. The Morgan fingerprint density at radius 1 is 1.30 bits per heavy atom. The van der Waals surface area contributed by atoms with E-state index in [-0.39, 0.29) is 32.8 Å². The number of nitrogens with one attached hydrogen (secondary N) is 1. The minimum absolute atomic E-state index is 0.0223. The molecule has 2 aromatic heterocycles. The lowest BCUT2D eigenvalue weighted by atomic mass is 10.1. The second-order valence-electron chi connectivity index (χ2n) is 7.80. The summed E-state index contributed by atoms with van der Waals surface area (Å²) in [7, 11) is 0. The normalized spacial score (nSPS) is 11.5. The first-order valence-corrected chi connectivity index (χ1v) is 11.7. The van der Waals surface area contributed by atoms with Gasteiger partial charge in [-0.1, -0.05) is 25.4 Å². The third-order valence-corrected chi connectivity index (χ3v) is 6.74. The number of amides is 1. The van der Waals surface area contributed by atoms with Crippen molar-refractivity contribution in [3.8, 4) is 22.9 Å². The Kier molecular flexibility index (Phi) is 6.04. The number of fused-ring (bicyclic) bond motifs is 1. The number of aryl methyl sites for hydroxylation is 1. The van der Waals surface area contributed by atoms with E-state index in [4.69, 9.17) is 10.5 Å². The summed E-state index contributed by atoms with van der Waals surface area (Å²) in [5, 5.41) is 12.5. The first-order chi connectivity index (χ1) is 15.7. The predicted octanol–water partition coefficient (Wildman–Crippen LogP) is 1.58. The zero-order valence-corrected chi connectivity index (χ0v) is 19.3. The van der Waals surface area contributed by atoms with Crippen molar-refractivity contribution in [2.24, 2.45) is 11.7 Å². The average Bonchev–Trinajstić information content (AvgIpc) is 3.25. The van der Waals surface area contributed by atoms with Crippen LogP contribution in [0.3, 0.4) is 0 Å². The molecular formula is C21H20N4O6S2. The lowest BCUT2D eigenvalue weighted by Gasteiger charge is -2.13. The number of rotatable bonds is 7. The molecule has 4 rings (SSSR count). The van der Waals surface area contributed by atoms with Crippen LogP contribution >= 0.6 is 22.9 Å². The second-order valence-corrected chi connectivity index (χ2v) is 9.56. The van der Waals surface area contributed by atoms with Crippen molar-refractivity contribution in [1.29, 1.82) is 0 Å². The van der Waals surface area contributed by atoms with E-state index in [1.54, 1.807) is 16.0 Å². The van der Waals surface area contributed by atoms with E-state index in [1.807, 2.05) is 0 Å². The molecule has 0 atom stereocenters. The van der Waals surface area contributed by atoms with Gasteiger partial charge in [-0.2, -0.15) is 0 Å². The first-order valence-electron chi connectivity index (χ1n) is 10.00. The van der Waals surface area contributed by atoms with Crippen LogP contribution in [0.2, 0.25) is 0 Å². The number of aromatic nitrogens is 3. The molecule has 12 heteroatoms. The number of pyridine rings is 1. The topological polar surface area (TPSA) is 157 Å². The monoisotopic (exact) mass is 488 g/mol. The fourth-order valence-electron chi connectivity index (χ4n) is 3.34. The zero-order valence-electron chi connectivity index (χ0n) is 17.7. The molecule has 0 fully saturated rings. The molecule has 0 spiro atoms. The molecule has 1 amide bonds. The summed E-state index contributed by atoms with van der Waals surface area (Å²) in [4.78, 5) is 53.5. The number of hydrogen-bond donors (Lipinski definition) is 3. The van der Waals surface area contributed by atoms with Crippen LogP contribution in [0.15, 0.2) is 31.9 Å². The van der Waals surface area contributed by atoms with Gasteiger partial charge >= 0.3 is 0 Å². The van der Waals surface area contributed by atoms with Crippen LogP contribution < -0.4 is 26.9 Å². The maximum absolute atomic E-state index is 13.4. The third-order valence-electron chi connectivity index (χ3n) is 5.00. The van der Waals surface area contributed by atoms with Crippen LogP contribution in [-0.4, -0.2) is 31.5 Å². The van der Waals surface area contributed by atoms with E-state index in [0.29, 0.717) is 22.7 Å². The molecule has 1 aliphatic heterocycles. The Morgan fingerprint density at radius 3 is 2.76 bits per heavy atom. The molecule has 33 heavy (non-hydrogen) atoms. The number of nitrogens with two attached hydrogens (primary N) is 1. The highest BCUT2D eigenvalue weighted by molar-refractivity contribution is 7.17. The van der Waals surface area contributed by atoms with Crippen molar-refractivity contribution in [2.75, 3.05) is 6.61 Å². The van der Waals surface area contributed by atoms with E-state index in [0.717, 1.165) is 18.0 Å². The highest BCUT2D eigenvalue weighted by Crippen LogP contribution is 2.35. The van der Waals surface area contributed by atoms with Gasteiger partial charge in [0.1, 0.15) is 10.9 Å². The molecule has 172 valence electrons. The minimum atomic E-state index is -0.979. The van der Waals surface area contributed by atoms with Crippen LogP contribution in [0.5, 0.6) is 11.5 Å². The van der Waals surface area contributed by atoms with Gasteiger partial charge in [-0.3, -0.25) is 23.6 Å². The quantitative estimate of drug-likeness (QED) is 0.333. The zero-order chi connectivity index (χ0) is 23.9. The van der Waals surface area contributed by atoms with Crippen molar-refractivity contribution >= 4 is 39.0 Å². The summed E-state index contributed by atoms with van der Waals surface area (Å²) in [5.41, 5.74) is 3.19. The molecule has 0 bridgehead atoms. The molecule has 3 heterocycles. The molecule has 0 saturated heterocycles. The van der Waals surface area contributed by atoms with Crippen molar-refractivity contribution in [1.82, 2.24) is 13.9 Å². The number of carbonyl (C=O) groups excluding carboxylic acids is 1. The smallest absolute Gasteiger partial charge is 0.269 e. The van der Waals surface area contributed by atoms with E-state index in [1.165, 1.54) is 17.4 Å². The fourth-order valence-corrected chi connectivity index (χ4v) is 4.94. The lowest BCUT2D eigenvalue weighted by Crippen LogP contribution is -2.30. The van der Waals surface area contributed by atoms with E-state index >= 15 is 0 Å². The van der Waals surface area contributed by atoms with E-state index in [2.05, 4.69) is 23.2 Å². The molecule has 4 N–H and O–H groups in total. The van der Waals surface area contributed by atoms with Crippen molar-refractivity contribution < 1.29 is 14.6 Å². The molecule has 2 aromatic rings. The third kappa shape index (κ3) is 4.14. The highest BCUT2D eigenvalue weighted by Gasteiger charge is 2.21. The predicted molar refractivity (Wildman–Crippen MR) is 125 cm³/mol. The maximum atomic E-state index is 13.4. The van der Waals surface area contributed by atoms with Gasteiger partial charge < -0.3 is 20.1 Å². The molecule has 0 aromatic carbocycles. The molecule has 0 unspecified atom stereocenters. The van der Waals surface area contributed by atoms with E-state index < -0.39 is 28.9 Å². The van der Waals surface area contributed by atoms with Crippen LogP contribution in [0.4, 0.5) is 0 Å². The number of H-pyrrole nitrogens is 1. The first kappa shape index (κ1) is 22.7. The van der Waals surface area contributed by atoms with Gasteiger partial charge in [-0.25, -0.2) is 4.98 Å². The summed E-state index contributed by atoms with van der Waals surface area (Å²) in [6.07, 6.45) is 0.755. The van der Waals surface area contributed by atoms with Crippen molar-refractivity contribution in [3.05, 3.63) is 58.2 Å². The molecule has 1 aliphatic carbocycles. The van der Waals surface area contributed by atoms with Gasteiger partial charge in [-0.05, 0) is 23.8 Å². The standard InChI is InChI=1S/C21H20N4O6S2/c1-9(2)3-5-25-10-4-6-32-19(10)17(28)14(21(25)30)20-23-15-12(33-24-20)7-11(16(27)18(15)29)31-8-13(22)26/h4,6-7,9,28H,3,5,8H2,1-2H3,(H2,22,26)(H,23,24). The van der Waals surface area contributed by atoms with Crippen molar-refractivity contribution in [2.45, 2.75) is 26.8 Å². The number of ether oxygens (including phenoxy) is 1. The summed E-state index contributed by atoms with van der Waals surface area (Å²) < 4.78 is 10.3. The maximum Gasteiger partial charge on any atom is 0.269 e. The van der Waals surface area contributed by atoms with Crippen molar-refractivity contribution in [3.63, 3.8) is 0 Å². The SMILES string of the molecule is CC(C)CCn1c(=O)c(-c2nc3c(=O)c(=O)c(OCC(N)=O)cc=3s[nH]2)c(O)c2sccc21. The van der Waals surface area contributed by atoms with Crippen LogP contribution in [-0.2, 0) is 11.3 Å². The Bertz CT molecular complexity index is 1620. The van der Waals surface area contributed by atoms with Gasteiger partial charge in [0.25, 0.3) is 22.3 Å². The largest absolute Gasteiger partial charge is 0.505 e. The Hall–Kier alpha value is -3.51. The van der Waals surface area contributed by atoms with E-state index in [9.17, 15) is 24.3 Å². The Balaban J connectivity index is 1.93. The lowest BCUT2D eigenvalue weighted by molar-refractivity contribution is -0.119. The number of aromatic amines is 1. The summed E-state index contributed by atoms with van der Waals surface area (Å²) in [6.45, 7) is 4.00. The van der Waals surface area contributed by atoms with Gasteiger partial charge in [0.05, 0.1) is 14.7 Å². The number of primary amides is 1. The summed E-state index contributed by atoms with van der Waals surface area (Å²) in [5.74, 6) is -1.01. The van der Waals surface area contributed by atoms with Crippen LogP contribution in [0, 0.1) is 15.8 Å². The summed E-state index contributed by atoms with van der Waals surface area (Å²) >= 11 is 2.23. The number of hydrogen-bond acceptors (Lipinski definition) is 9. The number of thiophene rings is 1. The van der Waals surface area contributed by atoms with Gasteiger partial charge in [-0.15, -0.1) is 11.3 Å². The molecule has 0 saturated carbocycles. The highest BCUT2D eigenvalue weighted by atomic mass is 32.1. The second kappa shape index (κ2) is 8.79. The fraction of sp³-hybridized carbons (Fsp3) is 0.286. The van der Waals surface area contributed by atoms with Crippen LogP contribution in [0.25, 0.3) is 21.6 Å². The van der Waals surface area contributed by atoms with Gasteiger partial charge in [0, 0.05) is 12.6 Å². The molecule has 10 nitrogen and oxygen atoms in total. The molecule has 0 radical (unpaired) electrons. The average molecular weight is 489 g/mol. The van der Waals surface area contributed by atoms with Gasteiger partial charge in [0.15, 0.2) is 23.9 Å². The number of nitrogens with zero attached hydrogens (tertiary/aromatic N) is 2. The molecular weight excluding hydrogens is 468 g/mol. The Labute approximate surface area is 193 Å².